The van der Waals surface area contributed by atoms with Gasteiger partial charge >= 0.3 is 0 Å². The fraction of sp³-hybridized carbons (Fsp3) is 0.533. The first-order valence-electron chi connectivity index (χ1n) is 6.71. The zero-order chi connectivity index (χ0) is 13.8. The molecule has 0 heterocycles. The van der Waals surface area contributed by atoms with Gasteiger partial charge < -0.3 is 4.74 Å². The predicted molar refractivity (Wildman–Crippen MR) is 67.7 cm³/mol. The van der Waals surface area contributed by atoms with Crippen LogP contribution in [0.2, 0.25) is 0 Å². The lowest BCUT2D eigenvalue weighted by molar-refractivity contribution is 0.0819. The van der Waals surface area contributed by atoms with Crippen molar-refractivity contribution in [2.45, 2.75) is 45.1 Å². The van der Waals surface area contributed by atoms with Crippen molar-refractivity contribution in [3.05, 3.63) is 29.3 Å². The number of hydrogen-bond acceptors (Lipinski definition) is 2. The van der Waals surface area contributed by atoms with Crippen LogP contribution in [0.4, 0.5) is 8.78 Å². The van der Waals surface area contributed by atoms with Crippen molar-refractivity contribution in [1.82, 2.24) is 0 Å². The molecule has 0 aromatic heterocycles. The van der Waals surface area contributed by atoms with Gasteiger partial charge in [-0.1, -0.05) is 13.3 Å². The third-order valence-corrected chi connectivity index (χ3v) is 3.76. The Bertz CT molecular complexity index is 472. The summed E-state index contributed by atoms with van der Waals surface area (Å²) in [5.41, 5.74) is -0.0296. The van der Waals surface area contributed by atoms with Gasteiger partial charge in [0.2, 0.25) is 0 Å². The van der Waals surface area contributed by atoms with Gasteiger partial charge in [-0.2, -0.15) is 5.26 Å². The quantitative estimate of drug-likeness (QED) is 0.821. The molecular formula is C15H17F2NO. The molecule has 0 saturated heterocycles. The smallest absolute Gasteiger partial charge is 0.191 e. The Morgan fingerprint density at radius 3 is 2.47 bits per heavy atom. The Morgan fingerprint density at radius 1 is 1.26 bits per heavy atom. The van der Waals surface area contributed by atoms with E-state index in [1.54, 1.807) is 6.07 Å². The molecule has 2 rings (SSSR count). The van der Waals surface area contributed by atoms with Crippen LogP contribution in [0.3, 0.4) is 0 Å². The van der Waals surface area contributed by atoms with Crippen LogP contribution in [-0.4, -0.2) is 6.10 Å². The van der Waals surface area contributed by atoms with Crippen LogP contribution >= 0.6 is 0 Å². The molecule has 0 spiro atoms. The average Bonchev–Trinajstić information content (AvgIpc) is 2.43. The number of nitrogens with zero attached hydrogens (tertiary/aromatic N) is 1. The van der Waals surface area contributed by atoms with Crippen LogP contribution in [-0.2, 0) is 0 Å². The monoisotopic (exact) mass is 265 g/mol. The SMILES string of the molecule is CCC1CCCCC1Oc1c(F)cc(C#N)cc1F. The second kappa shape index (κ2) is 6.01. The first-order valence-corrected chi connectivity index (χ1v) is 6.71. The molecule has 19 heavy (non-hydrogen) atoms. The molecule has 1 fully saturated rings. The van der Waals surface area contributed by atoms with Gasteiger partial charge in [-0.25, -0.2) is 8.78 Å². The van der Waals surface area contributed by atoms with Crippen molar-refractivity contribution >= 4 is 0 Å². The van der Waals surface area contributed by atoms with Crippen molar-refractivity contribution in [2.75, 3.05) is 0 Å². The fourth-order valence-electron chi connectivity index (χ4n) is 2.68. The molecular weight excluding hydrogens is 248 g/mol. The molecule has 0 bridgehead atoms. The van der Waals surface area contributed by atoms with E-state index < -0.39 is 11.6 Å². The summed E-state index contributed by atoms with van der Waals surface area (Å²) in [5.74, 6) is -1.58. The minimum Gasteiger partial charge on any atom is -0.484 e. The van der Waals surface area contributed by atoms with Crippen molar-refractivity contribution in [3.63, 3.8) is 0 Å². The lowest BCUT2D eigenvalue weighted by Crippen LogP contribution is -2.30. The van der Waals surface area contributed by atoms with Crippen molar-refractivity contribution in [2.24, 2.45) is 5.92 Å². The summed E-state index contributed by atoms with van der Waals surface area (Å²) in [5, 5.41) is 8.65. The Balaban J connectivity index is 2.21. The van der Waals surface area contributed by atoms with E-state index in [9.17, 15) is 8.78 Å². The van der Waals surface area contributed by atoms with Crippen molar-refractivity contribution in [1.29, 1.82) is 5.26 Å². The first kappa shape index (κ1) is 13.8. The highest BCUT2D eigenvalue weighted by atomic mass is 19.1. The molecule has 0 aliphatic heterocycles. The summed E-state index contributed by atoms with van der Waals surface area (Å²) < 4.78 is 33.1. The second-order valence-corrected chi connectivity index (χ2v) is 4.99. The van der Waals surface area contributed by atoms with E-state index in [0.29, 0.717) is 5.92 Å². The lowest BCUT2D eigenvalue weighted by Gasteiger charge is -2.31. The minimum atomic E-state index is -0.794. The molecule has 1 aromatic carbocycles. The molecule has 1 aromatic rings. The third kappa shape index (κ3) is 3.04. The van der Waals surface area contributed by atoms with Gasteiger partial charge in [0.25, 0.3) is 0 Å². The summed E-state index contributed by atoms with van der Waals surface area (Å²) in [6.45, 7) is 2.07. The molecule has 0 amide bonds. The first-order chi connectivity index (χ1) is 9.15. The highest BCUT2D eigenvalue weighted by Gasteiger charge is 2.27. The molecule has 1 aliphatic carbocycles. The van der Waals surface area contributed by atoms with Crippen molar-refractivity contribution in [3.8, 4) is 11.8 Å². The molecule has 2 atom stereocenters. The Morgan fingerprint density at radius 2 is 1.89 bits per heavy atom. The van der Waals surface area contributed by atoms with Crippen LogP contribution < -0.4 is 4.74 Å². The average molecular weight is 265 g/mol. The normalized spacial score (nSPS) is 22.8. The minimum absolute atomic E-state index is 0.0296. The number of halogens is 2. The Hall–Kier alpha value is -1.63. The maximum absolute atomic E-state index is 13.8. The zero-order valence-corrected chi connectivity index (χ0v) is 11.0. The van der Waals surface area contributed by atoms with Gasteiger partial charge in [0.15, 0.2) is 17.4 Å². The topological polar surface area (TPSA) is 33.0 Å². The van der Waals surface area contributed by atoms with Gasteiger partial charge in [0.1, 0.15) is 6.10 Å². The third-order valence-electron chi connectivity index (χ3n) is 3.76. The molecule has 0 N–H and O–H groups in total. The fourth-order valence-corrected chi connectivity index (χ4v) is 2.68. The van der Waals surface area contributed by atoms with Crippen LogP contribution in [0, 0.1) is 28.9 Å². The highest BCUT2D eigenvalue weighted by molar-refractivity contribution is 5.37. The summed E-state index contributed by atoms with van der Waals surface area (Å²) in [4.78, 5) is 0. The summed E-state index contributed by atoms with van der Waals surface area (Å²) in [7, 11) is 0. The molecule has 102 valence electrons. The second-order valence-electron chi connectivity index (χ2n) is 4.99. The van der Waals surface area contributed by atoms with Crippen LogP contribution in [0.25, 0.3) is 0 Å². The van der Waals surface area contributed by atoms with Gasteiger partial charge in [-0.05, 0) is 43.7 Å². The van der Waals surface area contributed by atoms with E-state index in [0.717, 1.165) is 44.2 Å². The van der Waals surface area contributed by atoms with Gasteiger partial charge in [-0.3, -0.25) is 0 Å². The number of hydrogen-bond donors (Lipinski definition) is 0. The van der Waals surface area contributed by atoms with Gasteiger partial charge in [-0.15, -0.1) is 0 Å². The van der Waals surface area contributed by atoms with E-state index in [4.69, 9.17) is 10.00 Å². The van der Waals surface area contributed by atoms with Gasteiger partial charge in [0, 0.05) is 0 Å². The van der Waals surface area contributed by atoms with Gasteiger partial charge in [0.05, 0.1) is 11.6 Å². The van der Waals surface area contributed by atoms with E-state index in [1.807, 2.05) is 0 Å². The van der Waals surface area contributed by atoms with Crippen molar-refractivity contribution < 1.29 is 13.5 Å². The lowest BCUT2D eigenvalue weighted by atomic mass is 9.85. The van der Waals surface area contributed by atoms with E-state index in [-0.39, 0.29) is 17.4 Å². The molecule has 2 unspecified atom stereocenters. The maximum Gasteiger partial charge on any atom is 0.191 e. The molecule has 4 heteroatoms. The molecule has 1 saturated carbocycles. The molecule has 0 radical (unpaired) electrons. The number of benzene rings is 1. The number of nitriles is 1. The summed E-state index contributed by atoms with van der Waals surface area (Å²) in [6.07, 6.45) is 4.87. The van der Waals surface area contributed by atoms with Crippen LogP contribution in [0.5, 0.6) is 5.75 Å². The number of ether oxygens (including phenoxy) is 1. The summed E-state index contributed by atoms with van der Waals surface area (Å²) in [6, 6.07) is 3.76. The summed E-state index contributed by atoms with van der Waals surface area (Å²) >= 11 is 0. The largest absolute Gasteiger partial charge is 0.484 e. The number of rotatable bonds is 3. The Labute approximate surface area is 112 Å². The van der Waals surface area contributed by atoms with Crippen LogP contribution in [0.1, 0.15) is 44.6 Å². The standard InChI is InChI=1S/C15H17F2NO/c1-2-11-5-3-4-6-14(11)19-15-12(16)7-10(9-18)8-13(15)17/h7-8,11,14H,2-6H2,1H3. The van der Waals surface area contributed by atoms with E-state index in [2.05, 4.69) is 6.92 Å². The maximum atomic E-state index is 13.8. The van der Waals surface area contributed by atoms with Crippen LogP contribution in [0.15, 0.2) is 12.1 Å². The van der Waals surface area contributed by atoms with E-state index in [1.165, 1.54) is 0 Å². The Kier molecular flexibility index (Phi) is 4.36. The molecule has 2 nitrogen and oxygen atoms in total. The highest BCUT2D eigenvalue weighted by Crippen LogP contribution is 2.32. The van der Waals surface area contributed by atoms with E-state index >= 15 is 0 Å². The predicted octanol–water partition coefficient (Wildman–Crippen LogP) is 4.18. The molecule has 1 aliphatic rings. The zero-order valence-electron chi connectivity index (χ0n) is 11.0.